The Hall–Kier alpha value is -2.51. The maximum Gasteiger partial charge on any atom is 0.240 e. The monoisotopic (exact) mass is 427 g/mol. The maximum atomic E-state index is 13.2. The van der Waals surface area contributed by atoms with Gasteiger partial charge in [0.2, 0.25) is 11.1 Å². The fourth-order valence-electron chi connectivity index (χ4n) is 3.30. The topological polar surface area (TPSA) is 71.8 Å². The number of nitrogens with zero attached hydrogens (tertiary/aromatic N) is 3. The van der Waals surface area contributed by atoms with Gasteiger partial charge in [0.05, 0.1) is 16.8 Å². The van der Waals surface area contributed by atoms with Crippen molar-refractivity contribution in [3.63, 3.8) is 0 Å². The van der Waals surface area contributed by atoms with E-state index in [-0.39, 0.29) is 11.9 Å². The number of nitrogens with one attached hydrogen (secondary N) is 2. The second-order valence-electron chi connectivity index (χ2n) is 6.80. The number of thioether (sulfide) groups is 1. The van der Waals surface area contributed by atoms with E-state index in [1.807, 2.05) is 23.7 Å². The standard InChI is InChI=1S/C21H22ClN5OS/c1-3-13-9-11-14(12-10-13)18-19(20(28)23-16-8-6-5-7-15(16)22)29-21-25-24-17(4-2)27(21)26-18/h5-12,18-19,26H,3-4H2,1-2H3,(H,23,28)/t18-,19-/m1/s1. The number of anilines is 1. The van der Waals surface area contributed by atoms with Crippen LogP contribution >= 0.6 is 23.4 Å². The van der Waals surface area contributed by atoms with E-state index in [0.29, 0.717) is 15.9 Å². The molecule has 8 heteroatoms. The van der Waals surface area contributed by atoms with E-state index < -0.39 is 5.25 Å². The molecule has 0 saturated heterocycles. The van der Waals surface area contributed by atoms with Crippen LogP contribution in [-0.2, 0) is 17.6 Å². The van der Waals surface area contributed by atoms with Crippen LogP contribution in [0.3, 0.4) is 0 Å². The maximum absolute atomic E-state index is 13.2. The summed E-state index contributed by atoms with van der Waals surface area (Å²) in [6.07, 6.45) is 1.72. The quantitative estimate of drug-likeness (QED) is 0.629. The zero-order valence-corrected chi connectivity index (χ0v) is 17.8. The zero-order valence-electron chi connectivity index (χ0n) is 16.2. The van der Waals surface area contributed by atoms with Crippen molar-refractivity contribution in [2.24, 2.45) is 0 Å². The van der Waals surface area contributed by atoms with Crippen molar-refractivity contribution in [3.05, 3.63) is 70.5 Å². The van der Waals surface area contributed by atoms with Gasteiger partial charge in [0.1, 0.15) is 5.25 Å². The van der Waals surface area contributed by atoms with E-state index >= 15 is 0 Å². The van der Waals surface area contributed by atoms with Gasteiger partial charge in [0.25, 0.3) is 0 Å². The van der Waals surface area contributed by atoms with Gasteiger partial charge in [-0.05, 0) is 29.7 Å². The van der Waals surface area contributed by atoms with E-state index in [2.05, 4.69) is 52.1 Å². The summed E-state index contributed by atoms with van der Waals surface area (Å²) in [5.74, 6) is 0.708. The van der Waals surface area contributed by atoms with Crippen molar-refractivity contribution in [1.82, 2.24) is 14.9 Å². The summed E-state index contributed by atoms with van der Waals surface area (Å²) < 4.78 is 1.89. The van der Waals surface area contributed by atoms with Crippen molar-refractivity contribution in [2.75, 3.05) is 10.7 Å². The lowest BCUT2D eigenvalue weighted by Gasteiger charge is -2.33. The number of hydrogen-bond acceptors (Lipinski definition) is 5. The van der Waals surface area contributed by atoms with Crippen molar-refractivity contribution in [3.8, 4) is 0 Å². The van der Waals surface area contributed by atoms with Crippen molar-refractivity contribution in [1.29, 1.82) is 0 Å². The smallest absolute Gasteiger partial charge is 0.240 e. The Bertz CT molecular complexity index is 1020. The second kappa shape index (κ2) is 8.47. The summed E-state index contributed by atoms with van der Waals surface area (Å²) in [5, 5.41) is 12.2. The summed E-state index contributed by atoms with van der Waals surface area (Å²) >= 11 is 7.64. The van der Waals surface area contributed by atoms with Crippen LogP contribution in [0.25, 0.3) is 0 Å². The molecule has 0 spiro atoms. The molecule has 4 rings (SSSR count). The molecule has 0 fully saturated rings. The normalized spacial score (nSPS) is 18.0. The molecule has 3 aromatic rings. The molecule has 0 bridgehead atoms. The molecule has 2 heterocycles. The van der Waals surface area contributed by atoms with Gasteiger partial charge in [0.15, 0.2) is 5.82 Å². The number of aryl methyl sites for hydroxylation is 2. The molecular weight excluding hydrogens is 406 g/mol. The molecular formula is C21H22ClN5OS. The number of fused-ring (bicyclic) bond motifs is 1. The van der Waals surface area contributed by atoms with Gasteiger partial charge in [-0.2, -0.15) is 0 Å². The number of halogens is 1. The van der Waals surface area contributed by atoms with Crippen LogP contribution in [0.5, 0.6) is 0 Å². The molecule has 1 aromatic heterocycles. The summed E-state index contributed by atoms with van der Waals surface area (Å²) in [4.78, 5) is 13.2. The predicted octanol–water partition coefficient (Wildman–Crippen LogP) is 4.45. The molecule has 0 radical (unpaired) electrons. The Kier molecular flexibility index (Phi) is 5.78. The van der Waals surface area contributed by atoms with E-state index in [0.717, 1.165) is 24.2 Å². The van der Waals surface area contributed by atoms with Gasteiger partial charge < -0.3 is 10.7 Å². The lowest BCUT2D eigenvalue weighted by molar-refractivity contribution is -0.116. The molecule has 29 heavy (non-hydrogen) atoms. The molecule has 2 aromatic carbocycles. The fraction of sp³-hybridized carbons (Fsp3) is 0.286. The summed E-state index contributed by atoms with van der Waals surface area (Å²) in [6, 6.07) is 15.4. The molecule has 2 N–H and O–H groups in total. The fourth-order valence-corrected chi connectivity index (χ4v) is 4.59. The largest absolute Gasteiger partial charge is 0.324 e. The number of amides is 1. The number of carbonyl (C=O) groups is 1. The number of benzene rings is 2. The van der Waals surface area contributed by atoms with Crippen LogP contribution < -0.4 is 10.7 Å². The van der Waals surface area contributed by atoms with Gasteiger partial charge >= 0.3 is 0 Å². The van der Waals surface area contributed by atoms with E-state index in [9.17, 15) is 4.79 Å². The average Bonchev–Trinajstić information content (AvgIpc) is 3.16. The van der Waals surface area contributed by atoms with Crippen LogP contribution in [0.4, 0.5) is 5.69 Å². The summed E-state index contributed by atoms with van der Waals surface area (Å²) in [5.41, 5.74) is 6.35. The highest BCUT2D eigenvalue weighted by Crippen LogP contribution is 2.38. The van der Waals surface area contributed by atoms with Gasteiger partial charge in [-0.25, -0.2) is 4.68 Å². The number of rotatable bonds is 5. The SMILES string of the molecule is CCc1ccc([C@H]2Nn3c(CC)nnc3S[C@H]2C(=O)Nc2ccccc2Cl)cc1. The number of para-hydroxylation sites is 1. The van der Waals surface area contributed by atoms with Gasteiger partial charge in [-0.3, -0.25) is 4.79 Å². The molecule has 150 valence electrons. The molecule has 1 aliphatic rings. The molecule has 0 saturated carbocycles. The molecule has 2 atom stereocenters. The Balaban J connectivity index is 1.68. The third-order valence-electron chi connectivity index (χ3n) is 4.96. The lowest BCUT2D eigenvalue weighted by Crippen LogP contribution is -2.41. The third-order valence-corrected chi connectivity index (χ3v) is 6.50. The number of carbonyl (C=O) groups excluding carboxylic acids is 1. The van der Waals surface area contributed by atoms with Crippen LogP contribution in [0.1, 0.15) is 36.8 Å². The van der Waals surface area contributed by atoms with Crippen molar-refractivity contribution >= 4 is 35.0 Å². The first-order valence-electron chi connectivity index (χ1n) is 9.62. The Morgan fingerprint density at radius 1 is 1.14 bits per heavy atom. The Labute approximate surface area is 179 Å². The highest BCUT2D eigenvalue weighted by Gasteiger charge is 2.37. The van der Waals surface area contributed by atoms with Crippen LogP contribution in [0.2, 0.25) is 5.02 Å². The first-order chi connectivity index (χ1) is 14.1. The molecule has 6 nitrogen and oxygen atoms in total. The summed E-state index contributed by atoms with van der Waals surface area (Å²) in [7, 11) is 0. The number of hydrogen-bond donors (Lipinski definition) is 2. The summed E-state index contributed by atoms with van der Waals surface area (Å²) in [6.45, 7) is 4.16. The minimum absolute atomic E-state index is 0.132. The molecule has 0 aliphatic carbocycles. The first kappa shape index (κ1) is 19.8. The van der Waals surface area contributed by atoms with E-state index in [1.165, 1.54) is 17.3 Å². The van der Waals surface area contributed by atoms with Crippen molar-refractivity contribution < 1.29 is 4.79 Å². The van der Waals surface area contributed by atoms with Crippen LogP contribution in [0.15, 0.2) is 53.7 Å². The lowest BCUT2D eigenvalue weighted by atomic mass is 10.0. The zero-order chi connectivity index (χ0) is 20.4. The predicted molar refractivity (Wildman–Crippen MR) is 117 cm³/mol. The second-order valence-corrected chi connectivity index (χ2v) is 8.31. The Morgan fingerprint density at radius 3 is 2.59 bits per heavy atom. The van der Waals surface area contributed by atoms with Gasteiger partial charge in [-0.1, -0.05) is 73.6 Å². The van der Waals surface area contributed by atoms with Gasteiger partial charge in [-0.15, -0.1) is 10.2 Å². The molecule has 1 amide bonds. The van der Waals surface area contributed by atoms with Crippen LogP contribution in [-0.4, -0.2) is 26.0 Å². The van der Waals surface area contributed by atoms with E-state index in [4.69, 9.17) is 11.6 Å². The molecule has 0 unspecified atom stereocenters. The number of aromatic nitrogens is 3. The average molecular weight is 428 g/mol. The van der Waals surface area contributed by atoms with Crippen LogP contribution in [0, 0.1) is 0 Å². The van der Waals surface area contributed by atoms with E-state index in [1.54, 1.807) is 12.1 Å². The first-order valence-corrected chi connectivity index (χ1v) is 10.9. The minimum atomic E-state index is -0.430. The minimum Gasteiger partial charge on any atom is -0.324 e. The highest BCUT2D eigenvalue weighted by molar-refractivity contribution is 8.00. The highest BCUT2D eigenvalue weighted by atomic mass is 35.5. The van der Waals surface area contributed by atoms with Gasteiger partial charge in [0, 0.05) is 6.42 Å². The molecule has 1 aliphatic heterocycles. The Morgan fingerprint density at radius 2 is 1.90 bits per heavy atom. The third kappa shape index (κ3) is 3.97. The van der Waals surface area contributed by atoms with Crippen molar-refractivity contribution in [2.45, 2.75) is 43.1 Å².